The molecule has 1 heterocycles. The van der Waals surface area contributed by atoms with Crippen molar-refractivity contribution in [3.05, 3.63) is 57.8 Å². The highest BCUT2D eigenvalue weighted by Gasteiger charge is 2.30. The summed E-state index contributed by atoms with van der Waals surface area (Å²) < 4.78 is 0. The van der Waals surface area contributed by atoms with Crippen LogP contribution in [0.4, 0.5) is 0 Å². The quantitative estimate of drug-likeness (QED) is 0.281. The molecule has 5 nitrogen and oxygen atoms in total. The Morgan fingerprint density at radius 1 is 0.903 bits per heavy atom. The number of benzene rings is 1. The molecule has 0 aliphatic carbocycles. The number of hydrogen-bond acceptors (Lipinski definition) is 5. The van der Waals surface area contributed by atoms with Crippen molar-refractivity contribution in [3.8, 4) is 0 Å². The predicted octanol–water partition coefficient (Wildman–Crippen LogP) is 5.57. The summed E-state index contributed by atoms with van der Waals surface area (Å²) in [5.41, 5.74) is 2.47. The number of carboxylic acid groups (broad SMARTS) is 2. The molecule has 1 aromatic heterocycles. The molecule has 0 aliphatic heterocycles. The first-order valence-corrected chi connectivity index (χ1v) is 12.8. The zero-order valence-electron chi connectivity index (χ0n) is 17.7. The van der Waals surface area contributed by atoms with Gasteiger partial charge in [-0.3, -0.25) is 4.79 Å². The lowest BCUT2D eigenvalue weighted by Crippen LogP contribution is -2.26. The standard InChI is InChI=1S/C24H32O5S2/c25-20(26)15-17-31-23(21(27)24(28)29)22-19(14-16-30-22)13-9-4-2-1-3-6-10-18-11-7-5-8-12-18/h5,7-8,11-12,14,16,21,23,27H,1-4,6,9-10,13,15,17H2,(H,25,26)(H,28,29). The van der Waals surface area contributed by atoms with Gasteiger partial charge in [0.2, 0.25) is 0 Å². The summed E-state index contributed by atoms with van der Waals surface area (Å²) >= 11 is 2.65. The summed E-state index contributed by atoms with van der Waals surface area (Å²) in [6.45, 7) is 0. The van der Waals surface area contributed by atoms with Gasteiger partial charge in [-0.15, -0.1) is 23.1 Å². The van der Waals surface area contributed by atoms with Crippen LogP contribution < -0.4 is 0 Å². The molecule has 0 bridgehead atoms. The molecule has 2 unspecified atom stereocenters. The number of carboxylic acids is 2. The Morgan fingerprint density at radius 2 is 1.55 bits per heavy atom. The largest absolute Gasteiger partial charge is 0.481 e. The maximum Gasteiger partial charge on any atom is 0.334 e. The Hall–Kier alpha value is -1.83. The molecule has 2 atom stereocenters. The van der Waals surface area contributed by atoms with E-state index in [9.17, 15) is 19.8 Å². The van der Waals surface area contributed by atoms with E-state index in [0.29, 0.717) is 0 Å². The molecule has 2 aromatic rings. The van der Waals surface area contributed by atoms with Crippen LogP contribution in [0.5, 0.6) is 0 Å². The lowest BCUT2D eigenvalue weighted by atomic mass is 10.0. The zero-order chi connectivity index (χ0) is 22.5. The number of aliphatic hydroxyl groups excluding tert-OH is 1. The predicted molar refractivity (Wildman–Crippen MR) is 127 cm³/mol. The van der Waals surface area contributed by atoms with Crippen LogP contribution in [0.3, 0.4) is 0 Å². The van der Waals surface area contributed by atoms with E-state index in [0.717, 1.165) is 36.1 Å². The van der Waals surface area contributed by atoms with Crippen molar-refractivity contribution in [2.24, 2.45) is 0 Å². The minimum atomic E-state index is -1.54. The maximum absolute atomic E-state index is 11.3. The topological polar surface area (TPSA) is 94.8 Å². The smallest absolute Gasteiger partial charge is 0.334 e. The molecule has 31 heavy (non-hydrogen) atoms. The van der Waals surface area contributed by atoms with Crippen LogP contribution in [0.15, 0.2) is 41.8 Å². The summed E-state index contributed by atoms with van der Waals surface area (Å²) in [6.07, 6.45) is 7.37. The zero-order valence-corrected chi connectivity index (χ0v) is 19.4. The maximum atomic E-state index is 11.3. The minimum Gasteiger partial charge on any atom is -0.481 e. The summed E-state index contributed by atoms with van der Waals surface area (Å²) in [6, 6.07) is 12.6. The first kappa shape index (κ1) is 25.4. The lowest BCUT2D eigenvalue weighted by molar-refractivity contribution is -0.146. The molecule has 0 fully saturated rings. The average molecular weight is 465 g/mol. The molecule has 0 amide bonds. The molecule has 0 radical (unpaired) electrons. The van der Waals surface area contributed by atoms with Gasteiger partial charge in [0.25, 0.3) is 0 Å². The van der Waals surface area contributed by atoms with E-state index in [4.69, 9.17) is 5.11 Å². The fraction of sp³-hybridized carbons (Fsp3) is 0.500. The van der Waals surface area contributed by atoms with E-state index >= 15 is 0 Å². The molecule has 7 heteroatoms. The molecule has 1 aromatic carbocycles. The highest BCUT2D eigenvalue weighted by Crippen LogP contribution is 2.38. The molecular formula is C24H32O5S2. The van der Waals surface area contributed by atoms with E-state index in [1.54, 1.807) is 0 Å². The Labute approximate surface area is 192 Å². The molecule has 3 N–H and O–H groups in total. The van der Waals surface area contributed by atoms with E-state index in [1.807, 2.05) is 17.5 Å². The average Bonchev–Trinajstić information content (AvgIpc) is 3.21. The van der Waals surface area contributed by atoms with Gasteiger partial charge in [-0.05, 0) is 48.3 Å². The number of aliphatic carboxylic acids is 2. The molecule has 0 saturated carbocycles. The van der Waals surface area contributed by atoms with Gasteiger partial charge in [0.1, 0.15) is 0 Å². The second kappa shape index (κ2) is 14.3. The summed E-state index contributed by atoms with van der Waals surface area (Å²) in [4.78, 5) is 23.0. The first-order chi connectivity index (χ1) is 15.0. The highest BCUT2D eigenvalue weighted by atomic mass is 32.2. The van der Waals surface area contributed by atoms with E-state index in [1.165, 1.54) is 54.3 Å². The van der Waals surface area contributed by atoms with Crippen molar-refractivity contribution >= 4 is 35.0 Å². The van der Waals surface area contributed by atoms with Crippen molar-refractivity contribution in [1.29, 1.82) is 0 Å². The van der Waals surface area contributed by atoms with Crippen LogP contribution in [0.25, 0.3) is 0 Å². The summed E-state index contributed by atoms with van der Waals surface area (Å²) in [7, 11) is 0. The normalized spacial score (nSPS) is 13.1. The van der Waals surface area contributed by atoms with Gasteiger partial charge in [0, 0.05) is 10.6 Å². The van der Waals surface area contributed by atoms with Crippen LogP contribution in [-0.4, -0.2) is 39.1 Å². The number of aliphatic hydroxyl groups is 1. The van der Waals surface area contributed by atoms with Gasteiger partial charge in [0.15, 0.2) is 6.10 Å². The number of thioether (sulfide) groups is 1. The Bertz CT molecular complexity index is 790. The molecule has 0 saturated heterocycles. The van der Waals surface area contributed by atoms with Crippen molar-refractivity contribution in [2.45, 2.75) is 69.1 Å². The van der Waals surface area contributed by atoms with Crippen LogP contribution in [0.2, 0.25) is 0 Å². The molecular weight excluding hydrogens is 432 g/mol. The number of hydrogen-bond donors (Lipinski definition) is 3. The van der Waals surface area contributed by atoms with Crippen LogP contribution in [-0.2, 0) is 22.4 Å². The molecule has 0 spiro atoms. The molecule has 170 valence electrons. The Morgan fingerprint density at radius 3 is 2.19 bits per heavy atom. The van der Waals surface area contributed by atoms with Crippen molar-refractivity contribution < 1.29 is 24.9 Å². The van der Waals surface area contributed by atoms with Gasteiger partial charge in [-0.1, -0.05) is 56.0 Å². The monoisotopic (exact) mass is 464 g/mol. The molecule has 2 rings (SSSR count). The Kier molecular flexibility index (Phi) is 11.7. The number of rotatable bonds is 16. The third kappa shape index (κ3) is 9.46. The number of carbonyl (C=O) groups is 2. The second-order valence-electron chi connectivity index (χ2n) is 7.64. The van der Waals surface area contributed by atoms with Gasteiger partial charge in [0.05, 0.1) is 11.7 Å². The van der Waals surface area contributed by atoms with Crippen molar-refractivity contribution in [1.82, 2.24) is 0 Å². The number of unbranched alkanes of at least 4 members (excludes halogenated alkanes) is 5. The van der Waals surface area contributed by atoms with Crippen LogP contribution in [0, 0.1) is 0 Å². The lowest BCUT2D eigenvalue weighted by Gasteiger charge is -2.20. The Balaban J connectivity index is 1.73. The highest BCUT2D eigenvalue weighted by molar-refractivity contribution is 7.99. The number of aryl methyl sites for hydroxylation is 2. The third-order valence-corrected chi connectivity index (χ3v) is 7.68. The molecule has 0 aliphatic rings. The SMILES string of the molecule is O=C(O)CCSC(c1sccc1CCCCCCCCc1ccccc1)C(O)C(=O)O. The van der Waals surface area contributed by atoms with Crippen LogP contribution in [0.1, 0.15) is 66.2 Å². The van der Waals surface area contributed by atoms with Crippen LogP contribution >= 0.6 is 23.1 Å². The summed E-state index contributed by atoms with van der Waals surface area (Å²) in [5.74, 6) is -1.93. The first-order valence-electron chi connectivity index (χ1n) is 10.8. The van der Waals surface area contributed by atoms with Gasteiger partial charge < -0.3 is 15.3 Å². The van der Waals surface area contributed by atoms with Gasteiger partial charge in [-0.2, -0.15) is 0 Å². The van der Waals surface area contributed by atoms with E-state index in [2.05, 4.69) is 24.3 Å². The van der Waals surface area contributed by atoms with Crippen molar-refractivity contribution in [3.63, 3.8) is 0 Å². The second-order valence-corrected chi connectivity index (χ2v) is 9.83. The minimum absolute atomic E-state index is 0.0571. The third-order valence-electron chi connectivity index (χ3n) is 5.20. The van der Waals surface area contributed by atoms with Gasteiger partial charge >= 0.3 is 11.9 Å². The van der Waals surface area contributed by atoms with E-state index in [-0.39, 0.29) is 12.2 Å². The summed E-state index contributed by atoms with van der Waals surface area (Å²) in [5, 5.41) is 29.6. The van der Waals surface area contributed by atoms with Gasteiger partial charge in [-0.25, -0.2) is 4.79 Å². The van der Waals surface area contributed by atoms with E-state index < -0.39 is 23.3 Å². The fourth-order valence-electron chi connectivity index (χ4n) is 3.51. The fourth-order valence-corrected chi connectivity index (χ4v) is 5.99. The number of thiophene rings is 1. The van der Waals surface area contributed by atoms with Crippen molar-refractivity contribution in [2.75, 3.05) is 5.75 Å².